The third kappa shape index (κ3) is 1.76. The van der Waals surface area contributed by atoms with Crippen molar-refractivity contribution >= 4 is 6.09 Å². The first-order chi connectivity index (χ1) is 5.66. The molecule has 6 N–H and O–H groups in total. The van der Waals surface area contributed by atoms with Gasteiger partial charge >= 0.3 is 6.09 Å². The number of carbonyl (C=O) groups is 1. The van der Waals surface area contributed by atoms with Crippen molar-refractivity contribution in [1.82, 2.24) is 5.32 Å². The Morgan fingerprint density at radius 1 is 1.31 bits per heavy atom. The zero-order valence-electron chi connectivity index (χ0n) is 7.36. The van der Waals surface area contributed by atoms with Gasteiger partial charge in [0.15, 0.2) is 0 Å². The summed E-state index contributed by atoms with van der Waals surface area (Å²) in [5.74, 6) is 1.06. The number of hydrogen-bond acceptors (Lipinski definition) is 2. The van der Waals surface area contributed by atoms with Crippen LogP contribution >= 0.6 is 0 Å². The minimum atomic E-state index is -0.902. The van der Waals surface area contributed by atoms with E-state index >= 15 is 0 Å². The molecule has 0 saturated heterocycles. The molecule has 0 radical (unpaired) electrons. The summed E-state index contributed by atoms with van der Waals surface area (Å²) in [7, 11) is 0. The molecule has 13 heavy (non-hydrogen) atoms. The van der Waals surface area contributed by atoms with Crippen molar-refractivity contribution in [3.8, 4) is 0 Å². The van der Waals surface area contributed by atoms with Crippen LogP contribution in [0.1, 0.15) is 19.3 Å². The number of nitrogens with one attached hydrogen (secondary N) is 1. The first kappa shape index (κ1) is 10.3. The predicted octanol–water partition coefficient (Wildman–Crippen LogP) is -0.445. The second-order valence-corrected chi connectivity index (χ2v) is 3.95. The normalized spacial score (nSPS) is 41.3. The lowest BCUT2D eigenvalue weighted by Crippen LogP contribution is -2.41. The van der Waals surface area contributed by atoms with Gasteiger partial charge in [-0.2, -0.15) is 0 Å². The molecule has 2 saturated carbocycles. The lowest BCUT2D eigenvalue weighted by atomic mass is 9.92. The molecule has 5 nitrogen and oxygen atoms in total. The Morgan fingerprint density at radius 3 is 2.38 bits per heavy atom. The number of hydrogen-bond donors (Lipinski definition) is 3. The van der Waals surface area contributed by atoms with Gasteiger partial charge in [-0.3, -0.25) is 0 Å². The maximum Gasteiger partial charge on any atom is 0.404 e. The van der Waals surface area contributed by atoms with Crippen LogP contribution in [-0.4, -0.2) is 28.8 Å². The molecule has 2 bridgehead atoms. The summed E-state index contributed by atoms with van der Waals surface area (Å²) in [4.78, 5) is 10.4. The predicted molar refractivity (Wildman–Crippen MR) is 47.4 cm³/mol. The lowest BCUT2D eigenvalue weighted by Gasteiger charge is -2.25. The van der Waals surface area contributed by atoms with E-state index in [0.29, 0.717) is 17.9 Å². The summed E-state index contributed by atoms with van der Waals surface area (Å²) in [6, 6.07) is 0.495. The van der Waals surface area contributed by atoms with Gasteiger partial charge in [-0.05, 0) is 31.1 Å². The topological polar surface area (TPSA) is 107 Å². The fraction of sp³-hybridized carbons (Fsp3) is 0.875. The highest BCUT2D eigenvalue weighted by Gasteiger charge is 2.44. The Labute approximate surface area is 76.6 Å². The SMILES string of the molecule is NC1CC2CC1CC2NC(=O)O.O. The molecule has 2 rings (SSSR count). The Kier molecular flexibility index (Phi) is 2.77. The smallest absolute Gasteiger partial charge is 0.404 e. The fourth-order valence-corrected chi connectivity index (χ4v) is 2.66. The molecule has 2 aliphatic rings. The van der Waals surface area contributed by atoms with Gasteiger partial charge in [0, 0.05) is 12.1 Å². The molecule has 0 aliphatic heterocycles. The molecule has 4 atom stereocenters. The number of fused-ring (bicyclic) bond motifs is 2. The highest BCUT2D eigenvalue weighted by atomic mass is 16.4. The summed E-state index contributed by atoms with van der Waals surface area (Å²) in [5.41, 5.74) is 5.84. The largest absolute Gasteiger partial charge is 0.465 e. The van der Waals surface area contributed by atoms with E-state index in [1.807, 2.05) is 0 Å². The van der Waals surface area contributed by atoms with Gasteiger partial charge in [-0.25, -0.2) is 4.79 Å². The molecule has 2 fully saturated rings. The molecule has 0 aromatic heterocycles. The quantitative estimate of drug-likeness (QED) is 0.519. The van der Waals surface area contributed by atoms with Crippen LogP contribution in [0.25, 0.3) is 0 Å². The van der Waals surface area contributed by atoms with Gasteiger partial charge in [0.1, 0.15) is 0 Å². The summed E-state index contributed by atoms with van der Waals surface area (Å²) >= 11 is 0. The monoisotopic (exact) mass is 188 g/mol. The Balaban J connectivity index is 0.000000845. The Bertz CT molecular complexity index is 208. The van der Waals surface area contributed by atoms with E-state index < -0.39 is 6.09 Å². The summed E-state index contributed by atoms with van der Waals surface area (Å²) in [6.45, 7) is 0. The maximum atomic E-state index is 10.4. The first-order valence-corrected chi connectivity index (χ1v) is 4.42. The van der Waals surface area contributed by atoms with Crippen molar-refractivity contribution < 1.29 is 15.4 Å². The molecular formula is C8H16N2O3. The zero-order valence-corrected chi connectivity index (χ0v) is 7.36. The van der Waals surface area contributed by atoms with Crippen LogP contribution in [-0.2, 0) is 0 Å². The Hall–Kier alpha value is -0.810. The van der Waals surface area contributed by atoms with Gasteiger partial charge in [0.2, 0.25) is 0 Å². The standard InChI is InChI=1S/C8H14N2O2.H2O/c9-6-2-5-1-4(6)3-7(5)10-8(11)12;/h4-7,10H,1-3,9H2,(H,11,12);1H2. The van der Waals surface area contributed by atoms with Gasteiger partial charge < -0.3 is 21.6 Å². The van der Waals surface area contributed by atoms with Crippen molar-refractivity contribution in [3.63, 3.8) is 0 Å². The van der Waals surface area contributed by atoms with Crippen LogP contribution < -0.4 is 11.1 Å². The van der Waals surface area contributed by atoms with E-state index in [9.17, 15) is 4.79 Å². The molecule has 0 heterocycles. The van der Waals surface area contributed by atoms with E-state index in [2.05, 4.69) is 5.32 Å². The van der Waals surface area contributed by atoms with Crippen molar-refractivity contribution in [2.45, 2.75) is 31.3 Å². The zero-order chi connectivity index (χ0) is 8.72. The van der Waals surface area contributed by atoms with Crippen LogP contribution in [0.15, 0.2) is 0 Å². The van der Waals surface area contributed by atoms with Crippen LogP contribution in [0.4, 0.5) is 4.79 Å². The average Bonchev–Trinajstić information content (AvgIpc) is 2.44. The number of carboxylic acid groups (broad SMARTS) is 1. The first-order valence-electron chi connectivity index (χ1n) is 4.42. The van der Waals surface area contributed by atoms with Crippen molar-refractivity contribution in [2.75, 3.05) is 0 Å². The minimum absolute atomic E-state index is 0. The molecule has 5 heteroatoms. The highest BCUT2D eigenvalue weighted by molar-refractivity contribution is 5.65. The van der Waals surface area contributed by atoms with Gasteiger partial charge in [-0.15, -0.1) is 0 Å². The van der Waals surface area contributed by atoms with Crippen LogP contribution in [0.2, 0.25) is 0 Å². The molecule has 1 amide bonds. The molecule has 76 valence electrons. The van der Waals surface area contributed by atoms with E-state index in [0.717, 1.165) is 19.3 Å². The lowest BCUT2D eigenvalue weighted by molar-refractivity contribution is 0.183. The molecule has 2 aliphatic carbocycles. The molecule has 4 unspecified atom stereocenters. The fourth-order valence-electron chi connectivity index (χ4n) is 2.66. The van der Waals surface area contributed by atoms with Gasteiger partial charge in [-0.1, -0.05) is 0 Å². The maximum absolute atomic E-state index is 10.4. The number of nitrogens with two attached hydrogens (primary N) is 1. The number of rotatable bonds is 1. The second kappa shape index (κ2) is 3.51. The average molecular weight is 188 g/mol. The third-order valence-corrected chi connectivity index (χ3v) is 3.22. The molecular weight excluding hydrogens is 172 g/mol. The third-order valence-electron chi connectivity index (χ3n) is 3.22. The summed E-state index contributed by atoms with van der Waals surface area (Å²) in [6.07, 6.45) is 2.15. The second-order valence-electron chi connectivity index (χ2n) is 3.95. The van der Waals surface area contributed by atoms with E-state index in [1.165, 1.54) is 0 Å². The minimum Gasteiger partial charge on any atom is -0.465 e. The highest BCUT2D eigenvalue weighted by Crippen LogP contribution is 2.43. The van der Waals surface area contributed by atoms with Gasteiger partial charge in [0.05, 0.1) is 0 Å². The molecule has 0 spiro atoms. The van der Waals surface area contributed by atoms with Crippen LogP contribution in [0.5, 0.6) is 0 Å². The summed E-state index contributed by atoms with van der Waals surface area (Å²) in [5, 5.41) is 11.1. The van der Waals surface area contributed by atoms with Crippen LogP contribution in [0, 0.1) is 11.8 Å². The number of amides is 1. The van der Waals surface area contributed by atoms with Crippen LogP contribution in [0.3, 0.4) is 0 Å². The van der Waals surface area contributed by atoms with Crippen molar-refractivity contribution in [1.29, 1.82) is 0 Å². The Morgan fingerprint density at radius 2 is 2.00 bits per heavy atom. The van der Waals surface area contributed by atoms with Gasteiger partial charge in [0.25, 0.3) is 0 Å². The molecule has 0 aromatic rings. The molecule has 0 aromatic carbocycles. The van der Waals surface area contributed by atoms with E-state index in [-0.39, 0.29) is 11.5 Å². The van der Waals surface area contributed by atoms with E-state index in [1.54, 1.807) is 0 Å². The summed E-state index contributed by atoms with van der Waals surface area (Å²) < 4.78 is 0. The van der Waals surface area contributed by atoms with Crippen molar-refractivity contribution in [2.24, 2.45) is 17.6 Å². The van der Waals surface area contributed by atoms with Crippen molar-refractivity contribution in [3.05, 3.63) is 0 Å². The van der Waals surface area contributed by atoms with E-state index in [4.69, 9.17) is 10.8 Å².